The first-order valence-corrected chi connectivity index (χ1v) is 7.38. The SMILES string of the molecule is CCC(C)(CS)C(=O)OC1(C(C)C)CCCC1. The molecule has 0 bridgehead atoms. The van der Waals surface area contributed by atoms with E-state index in [2.05, 4.69) is 26.5 Å². The van der Waals surface area contributed by atoms with Gasteiger partial charge in [-0.2, -0.15) is 12.6 Å². The molecule has 0 spiro atoms. The van der Waals surface area contributed by atoms with Crippen LogP contribution in [-0.2, 0) is 9.53 Å². The Morgan fingerprint density at radius 2 is 1.94 bits per heavy atom. The highest BCUT2D eigenvalue weighted by atomic mass is 32.1. The van der Waals surface area contributed by atoms with Crippen LogP contribution in [0.25, 0.3) is 0 Å². The number of carbonyl (C=O) groups excluding carboxylic acids is 1. The van der Waals surface area contributed by atoms with Crippen LogP contribution >= 0.6 is 12.6 Å². The highest BCUT2D eigenvalue weighted by Crippen LogP contribution is 2.41. The van der Waals surface area contributed by atoms with Crippen LogP contribution in [-0.4, -0.2) is 17.3 Å². The molecule has 0 radical (unpaired) electrons. The van der Waals surface area contributed by atoms with Gasteiger partial charge in [-0.05, 0) is 44.9 Å². The molecule has 1 aliphatic carbocycles. The normalized spacial score (nSPS) is 22.5. The van der Waals surface area contributed by atoms with Gasteiger partial charge in [0.1, 0.15) is 5.60 Å². The molecule has 1 atom stereocenters. The Morgan fingerprint density at radius 3 is 2.29 bits per heavy atom. The third-order valence-corrected chi connectivity index (χ3v) is 5.12. The minimum atomic E-state index is -0.437. The molecule has 0 aromatic rings. The zero-order chi connectivity index (χ0) is 13.1. The van der Waals surface area contributed by atoms with E-state index in [1.165, 1.54) is 12.8 Å². The molecule has 100 valence electrons. The van der Waals surface area contributed by atoms with Gasteiger partial charge in [-0.15, -0.1) is 0 Å². The molecule has 2 nitrogen and oxygen atoms in total. The summed E-state index contributed by atoms with van der Waals surface area (Å²) >= 11 is 4.30. The summed E-state index contributed by atoms with van der Waals surface area (Å²) in [5.74, 6) is 0.886. The number of thiol groups is 1. The third-order valence-electron chi connectivity index (χ3n) is 4.42. The molecular weight excluding hydrogens is 232 g/mol. The van der Waals surface area contributed by atoms with Crippen LogP contribution in [0.15, 0.2) is 0 Å². The molecule has 0 aromatic heterocycles. The van der Waals surface area contributed by atoms with Crippen LogP contribution in [0.3, 0.4) is 0 Å². The zero-order valence-corrected chi connectivity index (χ0v) is 12.5. The molecule has 17 heavy (non-hydrogen) atoms. The molecule has 1 unspecified atom stereocenters. The molecule has 0 saturated heterocycles. The number of ether oxygens (including phenoxy) is 1. The summed E-state index contributed by atoms with van der Waals surface area (Å²) in [6, 6.07) is 0. The summed E-state index contributed by atoms with van der Waals surface area (Å²) in [6.45, 7) is 8.28. The van der Waals surface area contributed by atoms with Crippen molar-refractivity contribution in [2.24, 2.45) is 11.3 Å². The minimum Gasteiger partial charge on any atom is -0.458 e. The van der Waals surface area contributed by atoms with Gasteiger partial charge >= 0.3 is 5.97 Å². The predicted octanol–water partition coefficient (Wildman–Crippen LogP) is 3.84. The van der Waals surface area contributed by atoms with Gasteiger partial charge in [0.05, 0.1) is 5.41 Å². The van der Waals surface area contributed by atoms with Crippen LogP contribution in [0.4, 0.5) is 0 Å². The lowest BCUT2D eigenvalue weighted by molar-refractivity contribution is -0.175. The highest BCUT2D eigenvalue weighted by molar-refractivity contribution is 7.80. The molecule has 0 aliphatic heterocycles. The first-order chi connectivity index (χ1) is 7.90. The van der Waals surface area contributed by atoms with Crippen molar-refractivity contribution in [3.63, 3.8) is 0 Å². The summed E-state index contributed by atoms with van der Waals surface area (Å²) in [5, 5.41) is 0. The number of esters is 1. The van der Waals surface area contributed by atoms with E-state index in [-0.39, 0.29) is 11.6 Å². The Labute approximate surface area is 111 Å². The Kier molecular flexibility index (Phi) is 4.94. The predicted molar refractivity (Wildman–Crippen MR) is 74.4 cm³/mol. The average Bonchev–Trinajstić information content (AvgIpc) is 2.77. The standard InChI is InChI=1S/C14H26O2S/c1-5-13(4,10-17)12(15)16-14(11(2)3)8-6-7-9-14/h11,17H,5-10H2,1-4H3. The molecule has 0 aromatic carbocycles. The number of hydrogen-bond donors (Lipinski definition) is 1. The summed E-state index contributed by atoms with van der Waals surface area (Å²) < 4.78 is 5.92. The lowest BCUT2D eigenvalue weighted by atomic mass is 9.86. The number of hydrogen-bond acceptors (Lipinski definition) is 3. The van der Waals surface area contributed by atoms with Gasteiger partial charge in [0.2, 0.25) is 0 Å². The van der Waals surface area contributed by atoms with E-state index in [9.17, 15) is 4.79 Å². The van der Waals surface area contributed by atoms with E-state index >= 15 is 0 Å². The molecule has 0 heterocycles. The van der Waals surface area contributed by atoms with Crippen LogP contribution < -0.4 is 0 Å². The van der Waals surface area contributed by atoms with Gasteiger partial charge in [0.15, 0.2) is 0 Å². The molecule has 1 saturated carbocycles. The van der Waals surface area contributed by atoms with E-state index in [0.717, 1.165) is 19.3 Å². The van der Waals surface area contributed by atoms with Crippen molar-refractivity contribution in [1.82, 2.24) is 0 Å². The van der Waals surface area contributed by atoms with Gasteiger partial charge in [-0.1, -0.05) is 20.8 Å². The average molecular weight is 258 g/mol. The second-order valence-corrected chi connectivity index (χ2v) is 6.20. The lowest BCUT2D eigenvalue weighted by Gasteiger charge is -2.37. The lowest BCUT2D eigenvalue weighted by Crippen LogP contribution is -2.43. The highest BCUT2D eigenvalue weighted by Gasteiger charge is 2.44. The van der Waals surface area contributed by atoms with Crippen molar-refractivity contribution in [2.45, 2.75) is 65.4 Å². The first kappa shape index (κ1) is 14.9. The third kappa shape index (κ3) is 2.98. The molecule has 1 aliphatic rings. The Hall–Kier alpha value is -0.180. The van der Waals surface area contributed by atoms with Gasteiger partial charge < -0.3 is 4.74 Å². The Balaban J connectivity index is 2.78. The largest absolute Gasteiger partial charge is 0.458 e. The minimum absolute atomic E-state index is 0.0643. The summed E-state index contributed by atoms with van der Waals surface area (Å²) in [7, 11) is 0. The maximum atomic E-state index is 12.3. The number of carbonyl (C=O) groups is 1. The molecular formula is C14H26O2S. The molecule has 0 N–H and O–H groups in total. The van der Waals surface area contributed by atoms with Crippen LogP contribution in [0.2, 0.25) is 0 Å². The topological polar surface area (TPSA) is 26.3 Å². The van der Waals surface area contributed by atoms with Crippen molar-refractivity contribution in [3.8, 4) is 0 Å². The second-order valence-electron chi connectivity index (χ2n) is 5.89. The number of rotatable bonds is 5. The quantitative estimate of drug-likeness (QED) is 0.599. The van der Waals surface area contributed by atoms with Crippen molar-refractivity contribution in [3.05, 3.63) is 0 Å². The van der Waals surface area contributed by atoms with Crippen molar-refractivity contribution in [2.75, 3.05) is 5.75 Å². The Bertz CT molecular complexity index is 263. The van der Waals surface area contributed by atoms with E-state index in [1.54, 1.807) is 0 Å². The van der Waals surface area contributed by atoms with Crippen LogP contribution in [0, 0.1) is 11.3 Å². The summed E-state index contributed by atoms with van der Waals surface area (Å²) in [6.07, 6.45) is 5.17. The Morgan fingerprint density at radius 1 is 1.41 bits per heavy atom. The van der Waals surface area contributed by atoms with Crippen molar-refractivity contribution >= 4 is 18.6 Å². The fourth-order valence-corrected chi connectivity index (χ4v) is 2.75. The molecule has 3 heteroatoms. The zero-order valence-electron chi connectivity index (χ0n) is 11.6. The fraction of sp³-hybridized carbons (Fsp3) is 0.929. The van der Waals surface area contributed by atoms with Crippen molar-refractivity contribution < 1.29 is 9.53 Å². The smallest absolute Gasteiger partial charge is 0.313 e. The van der Waals surface area contributed by atoms with Gasteiger partial charge in [0.25, 0.3) is 0 Å². The van der Waals surface area contributed by atoms with Gasteiger partial charge in [-0.25, -0.2) is 0 Å². The summed E-state index contributed by atoms with van der Waals surface area (Å²) in [5.41, 5.74) is -0.649. The maximum absolute atomic E-state index is 12.3. The fourth-order valence-electron chi connectivity index (χ4n) is 2.40. The second kappa shape index (κ2) is 5.64. The van der Waals surface area contributed by atoms with E-state index in [0.29, 0.717) is 11.7 Å². The summed E-state index contributed by atoms with van der Waals surface area (Å²) in [4.78, 5) is 12.3. The van der Waals surface area contributed by atoms with Crippen LogP contribution in [0.5, 0.6) is 0 Å². The molecule has 0 amide bonds. The van der Waals surface area contributed by atoms with Gasteiger partial charge in [0, 0.05) is 5.75 Å². The maximum Gasteiger partial charge on any atom is 0.313 e. The van der Waals surface area contributed by atoms with E-state index in [4.69, 9.17) is 4.74 Å². The van der Waals surface area contributed by atoms with E-state index < -0.39 is 5.41 Å². The first-order valence-electron chi connectivity index (χ1n) is 6.74. The molecule has 1 rings (SSSR count). The monoisotopic (exact) mass is 258 g/mol. The van der Waals surface area contributed by atoms with Crippen LogP contribution in [0.1, 0.15) is 59.8 Å². The molecule has 1 fully saturated rings. The van der Waals surface area contributed by atoms with E-state index in [1.807, 2.05) is 13.8 Å². The van der Waals surface area contributed by atoms with Gasteiger partial charge in [-0.3, -0.25) is 4.79 Å². The van der Waals surface area contributed by atoms with Crippen molar-refractivity contribution in [1.29, 1.82) is 0 Å².